The fraction of sp³-hybridized carbons (Fsp3) is 0.375. The van der Waals surface area contributed by atoms with E-state index < -0.39 is 5.91 Å². The number of azo groups is 1. The average Bonchev–Trinajstić information content (AvgIpc) is 3.03. The van der Waals surface area contributed by atoms with Crippen molar-refractivity contribution in [2.75, 3.05) is 6.61 Å². The summed E-state index contributed by atoms with van der Waals surface area (Å²) in [6.45, 7) is 4.77. The standard InChI is InChI=1S/C24H29N3O3/c1-3-5-8-16-27-21-11-7-6-10-20(21)23(24(27)29)26-25-22(28)17-30-19-14-12-18(9-4-2)13-15-19/h6-7,10-15,29H,3-5,8-9,16-17H2,1-2H3. The highest BCUT2D eigenvalue weighted by atomic mass is 16.5. The molecule has 3 rings (SSSR count). The SMILES string of the molecule is CCCCCn1c(O)c(N=NC(=O)COc2ccc(CCC)cc2)c2ccccc21. The maximum atomic E-state index is 12.2. The van der Waals surface area contributed by atoms with E-state index in [1.807, 2.05) is 53.1 Å². The lowest BCUT2D eigenvalue weighted by Gasteiger charge is -2.06. The number of carbonyl (C=O) groups is 1. The van der Waals surface area contributed by atoms with Gasteiger partial charge in [0.15, 0.2) is 12.3 Å². The van der Waals surface area contributed by atoms with Gasteiger partial charge in [0.25, 0.3) is 0 Å². The summed E-state index contributed by atoms with van der Waals surface area (Å²) in [6.07, 6.45) is 5.24. The van der Waals surface area contributed by atoms with Gasteiger partial charge < -0.3 is 14.4 Å². The predicted octanol–water partition coefficient (Wildman–Crippen LogP) is 6.18. The first-order chi connectivity index (χ1) is 14.6. The molecular formula is C24H29N3O3. The number of rotatable bonds is 10. The monoisotopic (exact) mass is 407 g/mol. The number of benzene rings is 2. The zero-order chi connectivity index (χ0) is 21.3. The fourth-order valence-electron chi connectivity index (χ4n) is 3.44. The second-order valence-corrected chi connectivity index (χ2v) is 7.32. The van der Waals surface area contributed by atoms with Crippen LogP contribution in [0, 0.1) is 0 Å². The zero-order valence-electron chi connectivity index (χ0n) is 17.7. The quantitative estimate of drug-likeness (QED) is 0.322. The minimum absolute atomic E-state index is 0.0382. The van der Waals surface area contributed by atoms with Gasteiger partial charge in [-0.05, 0) is 36.6 Å². The van der Waals surface area contributed by atoms with Crippen molar-refractivity contribution in [3.63, 3.8) is 0 Å². The summed E-state index contributed by atoms with van der Waals surface area (Å²) in [7, 11) is 0. The van der Waals surface area contributed by atoms with Crippen LogP contribution < -0.4 is 4.74 Å². The molecular weight excluding hydrogens is 378 g/mol. The van der Waals surface area contributed by atoms with Gasteiger partial charge in [-0.15, -0.1) is 10.2 Å². The van der Waals surface area contributed by atoms with Crippen molar-refractivity contribution in [3.8, 4) is 11.6 Å². The molecule has 2 aromatic carbocycles. The maximum Gasteiger partial charge on any atom is 0.302 e. The predicted molar refractivity (Wildman–Crippen MR) is 119 cm³/mol. The molecule has 0 saturated carbocycles. The van der Waals surface area contributed by atoms with Crippen LogP contribution >= 0.6 is 0 Å². The topological polar surface area (TPSA) is 76.2 Å². The van der Waals surface area contributed by atoms with E-state index in [0.717, 1.165) is 43.0 Å². The van der Waals surface area contributed by atoms with Gasteiger partial charge in [0, 0.05) is 11.9 Å². The summed E-state index contributed by atoms with van der Waals surface area (Å²) in [4.78, 5) is 12.2. The van der Waals surface area contributed by atoms with Crippen LogP contribution in [-0.2, 0) is 17.8 Å². The van der Waals surface area contributed by atoms with Gasteiger partial charge in [0.05, 0.1) is 5.52 Å². The van der Waals surface area contributed by atoms with Crippen LogP contribution in [0.2, 0.25) is 0 Å². The Morgan fingerprint density at radius 3 is 2.53 bits per heavy atom. The highest BCUT2D eigenvalue weighted by molar-refractivity contribution is 5.95. The molecule has 0 atom stereocenters. The Balaban J connectivity index is 1.68. The smallest absolute Gasteiger partial charge is 0.302 e. The molecule has 158 valence electrons. The van der Waals surface area contributed by atoms with Crippen molar-refractivity contribution in [1.29, 1.82) is 0 Å². The number of ether oxygens (including phenoxy) is 1. The highest BCUT2D eigenvalue weighted by Gasteiger charge is 2.16. The molecule has 0 aliphatic carbocycles. The molecule has 1 aromatic heterocycles. The molecule has 6 heteroatoms. The lowest BCUT2D eigenvalue weighted by Crippen LogP contribution is -2.07. The minimum atomic E-state index is -0.505. The van der Waals surface area contributed by atoms with Crippen molar-refractivity contribution >= 4 is 22.5 Å². The molecule has 0 aliphatic rings. The molecule has 6 nitrogen and oxygen atoms in total. The summed E-state index contributed by atoms with van der Waals surface area (Å²) in [5, 5.41) is 19.3. The first kappa shape index (κ1) is 21.6. The van der Waals surface area contributed by atoms with E-state index in [9.17, 15) is 9.90 Å². The van der Waals surface area contributed by atoms with Crippen molar-refractivity contribution in [3.05, 3.63) is 54.1 Å². The van der Waals surface area contributed by atoms with E-state index in [2.05, 4.69) is 24.1 Å². The van der Waals surface area contributed by atoms with E-state index in [1.54, 1.807) is 0 Å². The number of para-hydroxylation sites is 1. The number of nitrogens with zero attached hydrogens (tertiary/aromatic N) is 3. The molecule has 0 unspecified atom stereocenters. The van der Waals surface area contributed by atoms with E-state index >= 15 is 0 Å². The van der Waals surface area contributed by atoms with Crippen LogP contribution in [-0.4, -0.2) is 22.2 Å². The van der Waals surface area contributed by atoms with E-state index in [-0.39, 0.29) is 12.5 Å². The number of unbranched alkanes of at least 4 members (excludes halogenated alkanes) is 2. The Morgan fingerprint density at radius 2 is 1.80 bits per heavy atom. The second-order valence-electron chi connectivity index (χ2n) is 7.32. The van der Waals surface area contributed by atoms with E-state index in [0.29, 0.717) is 18.0 Å². The molecule has 0 fully saturated rings. The minimum Gasteiger partial charge on any atom is -0.493 e. The van der Waals surface area contributed by atoms with Crippen LogP contribution in [0.1, 0.15) is 45.1 Å². The molecule has 3 aromatic rings. The number of hydrogen-bond donors (Lipinski definition) is 1. The maximum absolute atomic E-state index is 12.2. The number of fused-ring (bicyclic) bond motifs is 1. The first-order valence-electron chi connectivity index (χ1n) is 10.6. The number of amides is 1. The lowest BCUT2D eigenvalue weighted by atomic mass is 10.1. The average molecular weight is 408 g/mol. The summed E-state index contributed by atoms with van der Waals surface area (Å²) in [5.74, 6) is 0.153. The number of aromatic hydroxyl groups is 1. The summed E-state index contributed by atoms with van der Waals surface area (Å²) in [6, 6.07) is 15.3. The Hall–Kier alpha value is -3.15. The number of aryl methyl sites for hydroxylation is 2. The fourth-order valence-corrected chi connectivity index (χ4v) is 3.44. The van der Waals surface area contributed by atoms with Gasteiger partial charge in [-0.1, -0.05) is 63.4 Å². The molecule has 1 N–H and O–H groups in total. The number of aromatic nitrogens is 1. The van der Waals surface area contributed by atoms with Crippen LogP contribution in [0.15, 0.2) is 58.8 Å². The Bertz CT molecular complexity index is 1010. The van der Waals surface area contributed by atoms with Gasteiger partial charge in [0.2, 0.25) is 5.88 Å². The lowest BCUT2D eigenvalue weighted by molar-refractivity contribution is -0.120. The molecule has 0 bridgehead atoms. The van der Waals surface area contributed by atoms with Crippen LogP contribution in [0.3, 0.4) is 0 Å². The van der Waals surface area contributed by atoms with Crippen LogP contribution in [0.4, 0.5) is 5.69 Å². The number of carbonyl (C=O) groups excluding carboxylic acids is 1. The Morgan fingerprint density at radius 1 is 1.03 bits per heavy atom. The highest BCUT2D eigenvalue weighted by Crippen LogP contribution is 2.39. The third-order valence-electron chi connectivity index (χ3n) is 4.99. The largest absolute Gasteiger partial charge is 0.493 e. The molecule has 0 radical (unpaired) electrons. The molecule has 1 amide bonds. The summed E-state index contributed by atoms with van der Waals surface area (Å²) < 4.78 is 7.34. The summed E-state index contributed by atoms with van der Waals surface area (Å²) in [5.41, 5.74) is 2.44. The van der Waals surface area contributed by atoms with Crippen molar-refractivity contribution < 1.29 is 14.6 Å². The Kier molecular flexibility index (Phi) is 7.60. The molecule has 0 saturated heterocycles. The Labute approximate surface area is 177 Å². The van der Waals surface area contributed by atoms with Gasteiger partial charge in [-0.3, -0.25) is 4.79 Å². The van der Waals surface area contributed by atoms with Crippen LogP contribution in [0.25, 0.3) is 10.9 Å². The van der Waals surface area contributed by atoms with Gasteiger partial charge in [0.1, 0.15) is 5.75 Å². The van der Waals surface area contributed by atoms with E-state index in [1.165, 1.54) is 5.56 Å². The molecule has 0 aliphatic heterocycles. The van der Waals surface area contributed by atoms with Crippen molar-refractivity contribution in [2.24, 2.45) is 10.2 Å². The third kappa shape index (κ3) is 5.26. The second kappa shape index (κ2) is 10.6. The first-order valence-corrected chi connectivity index (χ1v) is 10.6. The summed E-state index contributed by atoms with van der Waals surface area (Å²) >= 11 is 0. The number of hydrogen-bond acceptors (Lipinski definition) is 4. The zero-order valence-corrected chi connectivity index (χ0v) is 17.7. The molecule has 30 heavy (non-hydrogen) atoms. The molecule has 1 heterocycles. The van der Waals surface area contributed by atoms with Gasteiger partial charge >= 0.3 is 5.91 Å². The van der Waals surface area contributed by atoms with Gasteiger partial charge in [-0.2, -0.15) is 0 Å². The van der Waals surface area contributed by atoms with Crippen molar-refractivity contribution in [2.45, 2.75) is 52.5 Å². The van der Waals surface area contributed by atoms with Crippen molar-refractivity contribution in [1.82, 2.24) is 4.57 Å². The van der Waals surface area contributed by atoms with Gasteiger partial charge in [-0.25, -0.2) is 0 Å². The van der Waals surface area contributed by atoms with Crippen LogP contribution in [0.5, 0.6) is 11.6 Å². The molecule has 0 spiro atoms. The van der Waals surface area contributed by atoms with E-state index in [4.69, 9.17) is 4.74 Å². The third-order valence-corrected chi connectivity index (χ3v) is 4.99. The normalized spacial score (nSPS) is 11.4.